The molecule has 1 N–H and O–H groups in total. The highest BCUT2D eigenvalue weighted by Crippen LogP contribution is 2.24. The van der Waals surface area contributed by atoms with E-state index in [2.05, 4.69) is 10.3 Å². The number of carbonyl (C=O) groups excluding carboxylic acids is 1. The third-order valence-electron chi connectivity index (χ3n) is 3.13. The second-order valence-electron chi connectivity index (χ2n) is 4.73. The maximum Gasteiger partial charge on any atom is 0.253 e. The van der Waals surface area contributed by atoms with Crippen molar-refractivity contribution in [1.82, 2.24) is 14.9 Å². The molecule has 1 aromatic heterocycles. The lowest BCUT2D eigenvalue weighted by Crippen LogP contribution is -2.36. The van der Waals surface area contributed by atoms with E-state index in [1.54, 1.807) is 11.8 Å². The molecule has 0 saturated carbocycles. The quantitative estimate of drug-likeness (QED) is 0.793. The van der Waals surface area contributed by atoms with Gasteiger partial charge >= 0.3 is 0 Å². The van der Waals surface area contributed by atoms with Gasteiger partial charge in [-0.25, -0.2) is 4.98 Å². The smallest absolute Gasteiger partial charge is 0.253 e. The third-order valence-corrected chi connectivity index (χ3v) is 4.51. The van der Waals surface area contributed by atoms with Gasteiger partial charge in [-0.3, -0.25) is 14.2 Å². The van der Waals surface area contributed by atoms with E-state index in [4.69, 9.17) is 0 Å². The van der Waals surface area contributed by atoms with Crippen LogP contribution in [-0.2, 0) is 11.3 Å². The van der Waals surface area contributed by atoms with Gasteiger partial charge < -0.3 is 5.32 Å². The van der Waals surface area contributed by atoms with E-state index in [9.17, 15) is 9.59 Å². The molecule has 22 heavy (non-hydrogen) atoms. The number of rotatable bonds is 7. The molecular weight excluding hydrogens is 298 g/mol. The molecule has 0 aliphatic rings. The summed E-state index contributed by atoms with van der Waals surface area (Å²) in [6.45, 7) is 2.83. The summed E-state index contributed by atoms with van der Waals surface area (Å²) in [5.74, 6) is -0.00621. The molecule has 0 spiro atoms. The van der Waals surface area contributed by atoms with Crippen LogP contribution in [0.5, 0.6) is 0 Å². The van der Waals surface area contributed by atoms with Gasteiger partial charge in [-0.2, -0.15) is 0 Å². The molecule has 0 fully saturated rings. The second-order valence-corrected chi connectivity index (χ2v) is 6.01. The number of hydrogen-bond donors (Lipinski definition) is 1. The van der Waals surface area contributed by atoms with Crippen molar-refractivity contribution in [3.8, 4) is 0 Å². The Morgan fingerprint density at radius 1 is 1.32 bits per heavy atom. The molecule has 6 heteroatoms. The number of thioether (sulfide) groups is 1. The Bertz CT molecular complexity index is 658. The predicted molar refractivity (Wildman–Crippen MR) is 87.9 cm³/mol. The van der Waals surface area contributed by atoms with Crippen LogP contribution in [0.15, 0.2) is 58.6 Å². The predicted octanol–water partition coefficient (Wildman–Crippen LogP) is 1.93. The lowest BCUT2D eigenvalue weighted by Gasteiger charge is -2.15. The highest BCUT2D eigenvalue weighted by Gasteiger charge is 2.17. The average Bonchev–Trinajstić information content (AvgIpc) is 2.55. The van der Waals surface area contributed by atoms with Crippen LogP contribution in [0.4, 0.5) is 0 Å². The number of benzene rings is 1. The van der Waals surface area contributed by atoms with E-state index in [0.29, 0.717) is 13.1 Å². The maximum absolute atomic E-state index is 12.2. The van der Waals surface area contributed by atoms with Crippen LogP contribution >= 0.6 is 11.8 Å². The number of carbonyl (C=O) groups is 1. The van der Waals surface area contributed by atoms with Crippen LogP contribution in [0.1, 0.15) is 13.3 Å². The van der Waals surface area contributed by atoms with Crippen LogP contribution in [0.3, 0.4) is 0 Å². The standard InChI is InChI=1S/C16H19N3O2S/c1-2-14(22-13-6-4-3-5-7-13)16(21)18-10-11-19-12-17-9-8-15(19)20/h3-9,12,14H,2,10-11H2,1H3,(H,18,21)/t14-/m0/s1. The zero-order valence-electron chi connectivity index (χ0n) is 12.4. The van der Waals surface area contributed by atoms with E-state index in [-0.39, 0.29) is 16.7 Å². The molecule has 0 aliphatic carbocycles. The van der Waals surface area contributed by atoms with Gasteiger partial charge in [0.2, 0.25) is 5.91 Å². The first-order valence-electron chi connectivity index (χ1n) is 7.20. The Hall–Kier alpha value is -2.08. The minimum Gasteiger partial charge on any atom is -0.353 e. The molecule has 1 amide bonds. The van der Waals surface area contributed by atoms with Crippen LogP contribution in [0, 0.1) is 0 Å². The van der Waals surface area contributed by atoms with Crippen molar-refractivity contribution in [2.45, 2.75) is 30.0 Å². The van der Waals surface area contributed by atoms with E-state index in [1.807, 2.05) is 37.3 Å². The summed E-state index contributed by atoms with van der Waals surface area (Å²) in [5, 5.41) is 2.75. The summed E-state index contributed by atoms with van der Waals surface area (Å²) in [4.78, 5) is 28.7. The summed E-state index contributed by atoms with van der Waals surface area (Å²) in [6, 6.07) is 11.3. The number of nitrogens with zero attached hydrogens (tertiary/aromatic N) is 2. The zero-order valence-corrected chi connectivity index (χ0v) is 13.3. The minimum absolute atomic E-state index is 0.00621. The highest BCUT2D eigenvalue weighted by atomic mass is 32.2. The van der Waals surface area contributed by atoms with E-state index >= 15 is 0 Å². The van der Waals surface area contributed by atoms with Crippen molar-refractivity contribution in [1.29, 1.82) is 0 Å². The minimum atomic E-state index is -0.131. The first-order valence-corrected chi connectivity index (χ1v) is 8.08. The van der Waals surface area contributed by atoms with Gasteiger partial charge in [0, 0.05) is 30.2 Å². The largest absolute Gasteiger partial charge is 0.353 e. The number of nitrogens with one attached hydrogen (secondary N) is 1. The fourth-order valence-electron chi connectivity index (χ4n) is 1.95. The first-order chi connectivity index (χ1) is 10.7. The Balaban J connectivity index is 1.85. The Morgan fingerprint density at radius 3 is 2.77 bits per heavy atom. The second kappa shape index (κ2) is 8.38. The summed E-state index contributed by atoms with van der Waals surface area (Å²) < 4.78 is 1.48. The van der Waals surface area contributed by atoms with Crippen molar-refractivity contribution in [2.24, 2.45) is 0 Å². The van der Waals surface area contributed by atoms with E-state index < -0.39 is 0 Å². The number of aromatic nitrogens is 2. The molecular formula is C16H19N3O2S. The van der Waals surface area contributed by atoms with Crippen molar-refractivity contribution < 1.29 is 4.79 Å². The highest BCUT2D eigenvalue weighted by molar-refractivity contribution is 8.00. The van der Waals surface area contributed by atoms with Crippen molar-refractivity contribution in [3.05, 3.63) is 59.3 Å². The Labute approximate surface area is 133 Å². The maximum atomic E-state index is 12.2. The van der Waals surface area contributed by atoms with Gasteiger partial charge in [-0.15, -0.1) is 11.8 Å². The fraction of sp³-hybridized carbons (Fsp3) is 0.312. The molecule has 5 nitrogen and oxygen atoms in total. The molecule has 0 bridgehead atoms. The van der Waals surface area contributed by atoms with Crippen LogP contribution in [0.2, 0.25) is 0 Å². The van der Waals surface area contributed by atoms with Gasteiger partial charge in [0.1, 0.15) is 0 Å². The molecule has 1 aromatic carbocycles. The van der Waals surface area contributed by atoms with E-state index in [1.165, 1.54) is 23.2 Å². The van der Waals surface area contributed by atoms with Gasteiger partial charge in [0.25, 0.3) is 5.56 Å². The van der Waals surface area contributed by atoms with Crippen molar-refractivity contribution >= 4 is 17.7 Å². The number of hydrogen-bond acceptors (Lipinski definition) is 4. The van der Waals surface area contributed by atoms with Crippen LogP contribution in [-0.4, -0.2) is 27.3 Å². The molecule has 0 saturated heterocycles. The van der Waals surface area contributed by atoms with Gasteiger partial charge in [0.05, 0.1) is 11.6 Å². The third kappa shape index (κ3) is 4.73. The fourth-order valence-corrected chi connectivity index (χ4v) is 2.95. The van der Waals surface area contributed by atoms with Crippen molar-refractivity contribution in [3.63, 3.8) is 0 Å². The van der Waals surface area contributed by atoms with Crippen LogP contribution in [0.25, 0.3) is 0 Å². The monoisotopic (exact) mass is 317 g/mol. The number of amides is 1. The van der Waals surface area contributed by atoms with Crippen molar-refractivity contribution in [2.75, 3.05) is 6.54 Å². The SMILES string of the molecule is CC[C@H](Sc1ccccc1)C(=O)NCCn1cnccc1=O. The summed E-state index contributed by atoms with van der Waals surface area (Å²) in [7, 11) is 0. The van der Waals surface area contributed by atoms with Gasteiger partial charge in [-0.1, -0.05) is 25.1 Å². The van der Waals surface area contributed by atoms with Gasteiger partial charge in [-0.05, 0) is 18.6 Å². The average molecular weight is 317 g/mol. The first kappa shape index (κ1) is 16.3. The lowest BCUT2D eigenvalue weighted by atomic mass is 10.3. The Morgan fingerprint density at radius 2 is 2.09 bits per heavy atom. The molecule has 2 aromatic rings. The summed E-state index contributed by atoms with van der Waals surface area (Å²) in [6.07, 6.45) is 3.68. The molecule has 1 atom stereocenters. The van der Waals surface area contributed by atoms with Crippen LogP contribution < -0.4 is 10.9 Å². The zero-order chi connectivity index (χ0) is 15.8. The lowest BCUT2D eigenvalue weighted by molar-refractivity contribution is -0.120. The Kier molecular flexibility index (Phi) is 6.21. The molecule has 2 rings (SSSR count). The summed E-state index contributed by atoms with van der Waals surface area (Å²) in [5.41, 5.74) is -0.116. The topological polar surface area (TPSA) is 64.0 Å². The molecule has 0 unspecified atom stereocenters. The molecule has 1 heterocycles. The molecule has 0 aliphatic heterocycles. The van der Waals surface area contributed by atoms with Gasteiger partial charge in [0.15, 0.2) is 0 Å². The summed E-state index contributed by atoms with van der Waals surface area (Å²) >= 11 is 1.55. The van der Waals surface area contributed by atoms with E-state index in [0.717, 1.165) is 11.3 Å². The molecule has 0 radical (unpaired) electrons. The molecule has 116 valence electrons. The normalized spacial score (nSPS) is 11.9.